The highest BCUT2D eigenvalue weighted by Gasteiger charge is 2.60. The van der Waals surface area contributed by atoms with Gasteiger partial charge in [0.2, 0.25) is 0 Å². The number of hydrogen-bond acceptors (Lipinski definition) is 3. The molecule has 3 aliphatic rings. The summed E-state index contributed by atoms with van der Waals surface area (Å²) in [6.07, 6.45) is 1.40. The van der Waals surface area contributed by atoms with Gasteiger partial charge in [0.25, 0.3) is 0 Å². The lowest BCUT2D eigenvalue weighted by Gasteiger charge is -2.29. The summed E-state index contributed by atoms with van der Waals surface area (Å²) in [7, 11) is 0. The molecule has 108 valence electrons. The van der Waals surface area contributed by atoms with E-state index in [9.17, 15) is 0 Å². The maximum atomic E-state index is 5.43. The highest BCUT2D eigenvalue weighted by molar-refractivity contribution is 5.50. The Morgan fingerprint density at radius 3 is 2.60 bits per heavy atom. The van der Waals surface area contributed by atoms with E-state index in [4.69, 9.17) is 4.74 Å². The Kier molecular flexibility index (Phi) is 3.00. The van der Waals surface area contributed by atoms with E-state index >= 15 is 0 Å². The van der Waals surface area contributed by atoms with Crippen LogP contribution in [0.5, 0.6) is 0 Å². The topological polar surface area (TPSA) is 15.7 Å². The van der Waals surface area contributed by atoms with E-state index in [-0.39, 0.29) is 0 Å². The molecular formula is C17H24N2O. The molecule has 0 amide bonds. The largest absolute Gasteiger partial charge is 0.378 e. The van der Waals surface area contributed by atoms with Crippen molar-refractivity contribution in [1.82, 2.24) is 4.90 Å². The predicted octanol–water partition coefficient (Wildman–Crippen LogP) is 2.12. The summed E-state index contributed by atoms with van der Waals surface area (Å²) in [5.74, 6) is 0.914. The van der Waals surface area contributed by atoms with Crippen LogP contribution < -0.4 is 4.90 Å². The first-order valence-corrected chi connectivity index (χ1v) is 7.97. The second-order valence-corrected chi connectivity index (χ2v) is 6.53. The van der Waals surface area contributed by atoms with Crippen LogP contribution in [0, 0.1) is 5.92 Å². The molecule has 1 aromatic carbocycles. The third-order valence-corrected chi connectivity index (χ3v) is 5.48. The summed E-state index contributed by atoms with van der Waals surface area (Å²) in [4.78, 5) is 5.03. The molecule has 1 saturated carbocycles. The molecule has 2 aliphatic heterocycles. The fraction of sp³-hybridized carbons (Fsp3) is 0.647. The molecular weight excluding hydrogens is 248 g/mol. The number of nitrogens with zero attached hydrogens (tertiary/aromatic N) is 2. The van der Waals surface area contributed by atoms with Crippen molar-refractivity contribution in [3.63, 3.8) is 0 Å². The SMILES string of the molecule is CCN1C[C@@H]2C[C@]2(c2ccc(N3CCOCC3)cc2)C1. The summed E-state index contributed by atoms with van der Waals surface area (Å²) < 4.78 is 5.43. The van der Waals surface area contributed by atoms with Gasteiger partial charge in [0.1, 0.15) is 0 Å². The van der Waals surface area contributed by atoms with Crippen LogP contribution in [0.15, 0.2) is 24.3 Å². The molecule has 0 spiro atoms. The molecule has 0 radical (unpaired) electrons. The van der Waals surface area contributed by atoms with Crippen LogP contribution in [0.1, 0.15) is 18.9 Å². The van der Waals surface area contributed by atoms with Gasteiger partial charge in [-0.05, 0) is 36.6 Å². The van der Waals surface area contributed by atoms with Gasteiger partial charge in [-0.1, -0.05) is 19.1 Å². The van der Waals surface area contributed by atoms with E-state index in [1.165, 1.54) is 31.7 Å². The Morgan fingerprint density at radius 1 is 1.20 bits per heavy atom. The summed E-state index contributed by atoms with van der Waals surface area (Å²) in [5.41, 5.74) is 3.42. The number of benzene rings is 1. The van der Waals surface area contributed by atoms with Gasteiger partial charge in [0.15, 0.2) is 0 Å². The quantitative estimate of drug-likeness (QED) is 0.838. The summed E-state index contributed by atoms with van der Waals surface area (Å²) >= 11 is 0. The molecule has 2 atom stereocenters. The van der Waals surface area contributed by atoms with Gasteiger partial charge in [-0.25, -0.2) is 0 Å². The number of likely N-dealkylation sites (N-methyl/N-ethyl adjacent to an activating group) is 1. The van der Waals surface area contributed by atoms with E-state index in [0.717, 1.165) is 32.2 Å². The average Bonchev–Trinajstić information content (AvgIpc) is 3.10. The van der Waals surface area contributed by atoms with Gasteiger partial charge in [0, 0.05) is 37.3 Å². The molecule has 20 heavy (non-hydrogen) atoms. The predicted molar refractivity (Wildman–Crippen MR) is 81.4 cm³/mol. The van der Waals surface area contributed by atoms with Crippen molar-refractivity contribution in [2.24, 2.45) is 5.92 Å². The molecule has 1 aliphatic carbocycles. The minimum absolute atomic E-state index is 0.500. The van der Waals surface area contributed by atoms with Gasteiger partial charge in [0.05, 0.1) is 13.2 Å². The van der Waals surface area contributed by atoms with Crippen molar-refractivity contribution in [3.05, 3.63) is 29.8 Å². The van der Waals surface area contributed by atoms with Crippen molar-refractivity contribution in [2.75, 3.05) is 50.8 Å². The van der Waals surface area contributed by atoms with Gasteiger partial charge >= 0.3 is 0 Å². The van der Waals surface area contributed by atoms with E-state index in [1.54, 1.807) is 5.56 Å². The van der Waals surface area contributed by atoms with Crippen LogP contribution in [-0.4, -0.2) is 50.8 Å². The van der Waals surface area contributed by atoms with Crippen LogP contribution >= 0.6 is 0 Å². The number of morpholine rings is 1. The maximum absolute atomic E-state index is 5.43. The fourth-order valence-corrected chi connectivity index (χ4v) is 4.10. The molecule has 2 saturated heterocycles. The standard InChI is InChI=1S/C17H24N2O/c1-2-18-12-15-11-17(15,13-18)14-3-5-16(6-4-14)19-7-9-20-10-8-19/h3-6,15H,2,7-13H2,1H3/t15-,17+/m0/s1. The van der Waals surface area contributed by atoms with Crippen molar-refractivity contribution in [3.8, 4) is 0 Å². The molecule has 4 rings (SSSR count). The van der Waals surface area contributed by atoms with E-state index in [1.807, 2.05) is 0 Å². The Bertz CT molecular complexity index is 480. The molecule has 0 N–H and O–H groups in total. The monoisotopic (exact) mass is 272 g/mol. The van der Waals surface area contributed by atoms with Gasteiger partial charge in [-0.3, -0.25) is 0 Å². The second kappa shape index (κ2) is 4.74. The van der Waals surface area contributed by atoms with Crippen molar-refractivity contribution in [1.29, 1.82) is 0 Å². The molecule has 3 nitrogen and oxygen atoms in total. The first kappa shape index (κ1) is 12.7. The highest BCUT2D eigenvalue weighted by Crippen LogP contribution is 2.58. The molecule has 3 fully saturated rings. The van der Waals surface area contributed by atoms with Crippen LogP contribution in [0.2, 0.25) is 0 Å². The van der Waals surface area contributed by atoms with Crippen molar-refractivity contribution < 1.29 is 4.74 Å². The lowest BCUT2D eigenvalue weighted by atomic mass is 9.94. The minimum Gasteiger partial charge on any atom is -0.378 e. The highest BCUT2D eigenvalue weighted by atomic mass is 16.5. The van der Waals surface area contributed by atoms with Crippen molar-refractivity contribution >= 4 is 5.69 Å². The molecule has 2 heterocycles. The van der Waals surface area contributed by atoms with Crippen LogP contribution in [-0.2, 0) is 10.2 Å². The van der Waals surface area contributed by atoms with Crippen LogP contribution in [0.3, 0.4) is 0 Å². The van der Waals surface area contributed by atoms with Gasteiger partial charge in [-0.15, -0.1) is 0 Å². The second-order valence-electron chi connectivity index (χ2n) is 6.53. The number of anilines is 1. The number of rotatable bonds is 3. The number of hydrogen-bond donors (Lipinski definition) is 0. The minimum atomic E-state index is 0.500. The lowest BCUT2D eigenvalue weighted by Crippen LogP contribution is -2.36. The van der Waals surface area contributed by atoms with E-state index in [0.29, 0.717) is 5.41 Å². The van der Waals surface area contributed by atoms with E-state index in [2.05, 4.69) is 41.0 Å². The molecule has 3 heteroatoms. The van der Waals surface area contributed by atoms with Gasteiger partial charge < -0.3 is 14.5 Å². The maximum Gasteiger partial charge on any atom is 0.0642 e. The van der Waals surface area contributed by atoms with Crippen LogP contribution in [0.4, 0.5) is 5.69 Å². The smallest absolute Gasteiger partial charge is 0.0642 e. The number of ether oxygens (including phenoxy) is 1. The van der Waals surface area contributed by atoms with Crippen molar-refractivity contribution in [2.45, 2.75) is 18.8 Å². The molecule has 0 bridgehead atoms. The Hall–Kier alpha value is -1.06. The Balaban J connectivity index is 1.51. The fourth-order valence-electron chi connectivity index (χ4n) is 4.10. The molecule has 0 unspecified atom stereocenters. The van der Waals surface area contributed by atoms with E-state index < -0.39 is 0 Å². The Labute approximate surface area is 121 Å². The summed E-state index contributed by atoms with van der Waals surface area (Å²) in [5, 5.41) is 0. The first-order chi connectivity index (χ1) is 9.82. The first-order valence-electron chi connectivity index (χ1n) is 7.97. The summed E-state index contributed by atoms with van der Waals surface area (Å²) in [6.45, 7) is 9.82. The average molecular weight is 272 g/mol. The number of piperidine rings is 1. The molecule has 1 aromatic rings. The summed E-state index contributed by atoms with van der Waals surface area (Å²) in [6, 6.07) is 9.40. The number of likely N-dealkylation sites (tertiary alicyclic amines) is 1. The normalized spacial score (nSPS) is 33.2. The van der Waals surface area contributed by atoms with Crippen LogP contribution in [0.25, 0.3) is 0 Å². The molecule has 0 aromatic heterocycles. The number of fused-ring (bicyclic) bond motifs is 1. The third kappa shape index (κ3) is 1.95. The zero-order valence-electron chi connectivity index (χ0n) is 12.3. The zero-order valence-corrected chi connectivity index (χ0v) is 12.3. The third-order valence-electron chi connectivity index (χ3n) is 5.48. The Morgan fingerprint density at radius 2 is 1.95 bits per heavy atom. The zero-order chi connectivity index (χ0) is 13.6. The lowest BCUT2D eigenvalue weighted by molar-refractivity contribution is 0.122. The van der Waals surface area contributed by atoms with Gasteiger partial charge in [-0.2, -0.15) is 0 Å².